The molecule has 9 rings (SSSR count). The molecule has 4 nitrogen and oxygen atoms in total. The number of nitrogens with zero attached hydrogens (tertiary/aromatic N) is 4. The van der Waals surface area contributed by atoms with Gasteiger partial charge in [-0.25, -0.2) is 9.97 Å². The zero-order chi connectivity index (χ0) is 28.3. The second-order valence-corrected chi connectivity index (χ2v) is 11.0. The van der Waals surface area contributed by atoms with Gasteiger partial charge in [0.15, 0.2) is 0 Å². The minimum absolute atomic E-state index is 0.652. The van der Waals surface area contributed by atoms with E-state index in [0.717, 1.165) is 38.8 Å². The minimum atomic E-state index is 0.652. The summed E-state index contributed by atoms with van der Waals surface area (Å²) >= 11 is 0. The first kappa shape index (κ1) is 23.8. The van der Waals surface area contributed by atoms with Crippen LogP contribution in [0, 0.1) is 0 Å². The van der Waals surface area contributed by atoms with Crippen molar-refractivity contribution in [1.29, 1.82) is 0 Å². The lowest BCUT2D eigenvalue weighted by molar-refractivity contribution is 1.01. The van der Waals surface area contributed by atoms with Crippen molar-refractivity contribution in [1.82, 2.24) is 19.5 Å². The van der Waals surface area contributed by atoms with Crippen LogP contribution in [0.5, 0.6) is 0 Å². The number of fused-ring (bicyclic) bond motifs is 6. The first-order chi connectivity index (χ1) is 21.3. The maximum atomic E-state index is 5.30. The van der Waals surface area contributed by atoms with Gasteiger partial charge in [0.05, 0.1) is 22.2 Å². The predicted octanol–water partition coefficient (Wildman–Crippen LogP) is 9.76. The molecule has 0 aliphatic heterocycles. The second kappa shape index (κ2) is 9.33. The summed E-state index contributed by atoms with van der Waals surface area (Å²) < 4.78 is 2.21. The van der Waals surface area contributed by atoms with Gasteiger partial charge in [-0.15, -0.1) is 0 Å². The van der Waals surface area contributed by atoms with Gasteiger partial charge in [-0.2, -0.15) is 0 Å². The van der Waals surface area contributed by atoms with Crippen molar-refractivity contribution in [3.63, 3.8) is 0 Å². The fraction of sp³-hybridized carbons (Fsp3) is 0. The first-order valence-electron chi connectivity index (χ1n) is 14.4. The van der Waals surface area contributed by atoms with E-state index >= 15 is 0 Å². The molecule has 3 aromatic heterocycles. The molecule has 0 bridgehead atoms. The maximum Gasteiger partial charge on any atom is 0.235 e. The molecule has 0 unspecified atom stereocenters. The van der Waals surface area contributed by atoms with Crippen LogP contribution in [0.1, 0.15) is 0 Å². The summed E-state index contributed by atoms with van der Waals surface area (Å²) in [6.07, 6.45) is 3.64. The van der Waals surface area contributed by atoms with Crippen molar-refractivity contribution < 1.29 is 0 Å². The van der Waals surface area contributed by atoms with Crippen molar-refractivity contribution in [2.75, 3.05) is 0 Å². The Hall–Kier alpha value is -5.87. The van der Waals surface area contributed by atoms with Crippen LogP contribution in [0.3, 0.4) is 0 Å². The van der Waals surface area contributed by atoms with Gasteiger partial charge in [0, 0.05) is 34.1 Å². The highest BCUT2D eigenvalue weighted by atomic mass is 15.2. The Bertz CT molecular complexity index is 2510. The van der Waals surface area contributed by atoms with Crippen molar-refractivity contribution >= 4 is 54.3 Å². The van der Waals surface area contributed by atoms with Gasteiger partial charge >= 0.3 is 0 Å². The van der Waals surface area contributed by atoms with Crippen LogP contribution in [0.15, 0.2) is 146 Å². The highest BCUT2D eigenvalue weighted by Gasteiger charge is 2.18. The molecule has 4 heteroatoms. The Kier molecular flexibility index (Phi) is 5.16. The molecule has 200 valence electrons. The van der Waals surface area contributed by atoms with E-state index < -0.39 is 0 Å². The molecule has 0 atom stereocenters. The molecular weight excluding hydrogens is 524 g/mol. The summed E-state index contributed by atoms with van der Waals surface area (Å²) in [4.78, 5) is 14.8. The van der Waals surface area contributed by atoms with Crippen molar-refractivity contribution in [3.8, 4) is 28.3 Å². The van der Waals surface area contributed by atoms with Crippen molar-refractivity contribution in [3.05, 3.63) is 146 Å². The van der Waals surface area contributed by atoms with Gasteiger partial charge in [0.2, 0.25) is 5.95 Å². The maximum absolute atomic E-state index is 5.30. The van der Waals surface area contributed by atoms with Crippen LogP contribution in [0.25, 0.3) is 82.6 Å². The Morgan fingerprint density at radius 2 is 1.09 bits per heavy atom. The van der Waals surface area contributed by atoms with E-state index in [-0.39, 0.29) is 0 Å². The molecule has 0 saturated carbocycles. The second-order valence-electron chi connectivity index (χ2n) is 11.0. The topological polar surface area (TPSA) is 43.6 Å². The predicted molar refractivity (Wildman–Crippen MR) is 178 cm³/mol. The summed E-state index contributed by atoms with van der Waals surface area (Å²) in [6.45, 7) is 0. The Morgan fingerprint density at radius 3 is 1.93 bits per heavy atom. The SMILES string of the molecule is c1ccc2cc(-c3ccc4nc(-n5c6ccccc6c6cc7ccccc7cc65)nc(-c5ccncc5)c4c3)ccc2c1. The van der Waals surface area contributed by atoms with Gasteiger partial charge in [0.25, 0.3) is 0 Å². The average molecular weight is 549 g/mol. The Morgan fingerprint density at radius 1 is 0.419 bits per heavy atom. The number of aromatic nitrogens is 4. The third kappa shape index (κ3) is 3.81. The van der Waals surface area contributed by atoms with Crippen LogP contribution in [-0.2, 0) is 0 Å². The zero-order valence-electron chi connectivity index (χ0n) is 23.1. The first-order valence-corrected chi connectivity index (χ1v) is 14.4. The minimum Gasteiger partial charge on any atom is -0.278 e. The molecule has 0 spiro atoms. The standard InChI is InChI=1S/C39H24N4/c1-2-8-27-21-30(14-13-25(27)7-1)31-15-16-35-34(23-31)38(26-17-19-40-20-18-26)42-39(41-35)43-36-12-6-5-11-32(36)33-22-28-9-3-4-10-29(28)24-37(33)43/h1-24H. The lowest BCUT2D eigenvalue weighted by Crippen LogP contribution is -2.03. The van der Waals surface area contributed by atoms with Crippen LogP contribution in [-0.4, -0.2) is 19.5 Å². The van der Waals surface area contributed by atoms with E-state index in [9.17, 15) is 0 Å². The summed E-state index contributed by atoms with van der Waals surface area (Å²) in [5.41, 5.74) is 7.26. The molecule has 43 heavy (non-hydrogen) atoms. The molecule has 9 aromatic rings. The molecule has 0 fully saturated rings. The highest BCUT2D eigenvalue weighted by Crippen LogP contribution is 2.36. The molecule has 0 aliphatic carbocycles. The van der Waals surface area contributed by atoms with Crippen LogP contribution in [0.2, 0.25) is 0 Å². The molecular formula is C39H24N4. The monoisotopic (exact) mass is 548 g/mol. The summed E-state index contributed by atoms with van der Waals surface area (Å²) in [7, 11) is 0. The number of benzene rings is 6. The fourth-order valence-corrected chi connectivity index (χ4v) is 6.37. The van der Waals surface area contributed by atoms with Crippen LogP contribution in [0.4, 0.5) is 0 Å². The lowest BCUT2D eigenvalue weighted by Gasteiger charge is -2.13. The molecule has 0 N–H and O–H groups in total. The smallest absolute Gasteiger partial charge is 0.235 e. The van der Waals surface area contributed by atoms with Gasteiger partial charge < -0.3 is 0 Å². The largest absolute Gasteiger partial charge is 0.278 e. The number of pyridine rings is 1. The number of hydrogen-bond donors (Lipinski definition) is 0. The van der Waals surface area contributed by atoms with Crippen LogP contribution >= 0.6 is 0 Å². The molecule has 0 amide bonds. The van der Waals surface area contributed by atoms with Crippen LogP contribution < -0.4 is 0 Å². The Labute approximate surface area is 247 Å². The van der Waals surface area contributed by atoms with Gasteiger partial charge in [0.1, 0.15) is 0 Å². The lowest BCUT2D eigenvalue weighted by atomic mass is 9.98. The van der Waals surface area contributed by atoms with E-state index in [2.05, 4.69) is 131 Å². The summed E-state index contributed by atoms with van der Waals surface area (Å²) in [5, 5.41) is 8.24. The van der Waals surface area contributed by atoms with Gasteiger partial charge in [-0.1, -0.05) is 84.9 Å². The third-order valence-corrected chi connectivity index (χ3v) is 8.46. The van der Waals surface area contributed by atoms with E-state index in [0.29, 0.717) is 5.95 Å². The summed E-state index contributed by atoms with van der Waals surface area (Å²) in [5.74, 6) is 0.652. The number of rotatable bonds is 3. The molecule has 0 saturated heterocycles. The third-order valence-electron chi connectivity index (χ3n) is 8.46. The Balaban J connectivity index is 1.33. The summed E-state index contributed by atoms with van der Waals surface area (Å²) in [6, 6.07) is 47.2. The van der Waals surface area contributed by atoms with Gasteiger partial charge in [-0.3, -0.25) is 9.55 Å². The van der Waals surface area contributed by atoms with Gasteiger partial charge in [-0.05, 0) is 81.2 Å². The molecule has 6 aromatic carbocycles. The van der Waals surface area contributed by atoms with Crippen molar-refractivity contribution in [2.24, 2.45) is 0 Å². The average Bonchev–Trinajstić information content (AvgIpc) is 3.39. The quantitative estimate of drug-likeness (QED) is 0.221. The number of hydrogen-bond acceptors (Lipinski definition) is 3. The van der Waals surface area contributed by atoms with E-state index in [1.165, 1.54) is 37.9 Å². The fourth-order valence-electron chi connectivity index (χ4n) is 6.37. The molecule has 0 radical (unpaired) electrons. The highest BCUT2D eigenvalue weighted by molar-refractivity contribution is 6.13. The van der Waals surface area contributed by atoms with E-state index in [1.54, 1.807) is 0 Å². The molecule has 3 heterocycles. The van der Waals surface area contributed by atoms with E-state index in [1.807, 2.05) is 24.5 Å². The van der Waals surface area contributed by atoms with Crippen molar-refractivity contribution in [2.45, 2.75) is 0 Å². The number of para-hydroxylation sites is 1. The molecule has 0 aliphatic rings. The van der Waals surface area contributed by atoms with E-state index in [4.69, 9.17) is 9.97 Å². The normalized spacial score (nSPS) is 11.7. The zero-order valence-corrected chi connectivity index (χ0v) is 23.1.